The quantitative estimate of drug-likeness (QED) is 0.637. The second-order valence-electron chi connectivity index (χ2n) is 2.93. The summed E-state index contributed by atoms with van der Waals surface area (Å²) in [6, 6.07) is 3.33. The van der Waals surface area contributed by atoms with Crippen molar-refractivity contribution in [2.75, 3.05) is 7.11 Å². The number of ether oxygens (including phenoxy) is 1. The number of aldehydes is 1. The molecule has 1 aliphatic rings. The monoisotopic (exact) mass is 176 g/mol. The van der Waals surface area contributed by atoms with Gasteiger partial charge in [0.2, 0.25) is 0 Å². The number of hydrogen-bond acceptors (Lipinski definition) is 3. The van der Waals surface area contributed by atoms with Crippen molar-refractivity contribution in [3.63, 3.8) is 0 Å². The molecule has 0 spiro atoms. The van der Waals surface area contributed by atoms with Crippen LogP contribution >= 0.6 is 0 Å². The molecule has 0 saturated heterocycles. The maximum atomic E-state index is 11.2. The lowest BCUT2D eigenvalue weighted by Gasteiger charge is -2.21. The van der Waals surface area contributed by atoms with E-state index < -0.39 is 0 Å². The Kier molecular flexibility index (Phi) is 1.65. The maximum absolute atomic E-state index is 11.2. The van der Waals surface area contributed by atoms with Gasteiger partial charge in [-0.05, 0) is 17.7 Å². The van der Waals surface area contributed by atoms with Gasteiger partial charge >= 0.3 is 0 Å². The van der Waals surface area contributed by atoms with Gasteiger partial charge in [0.25, 0.3) is 0 Å². The summed E-state index contributed by atoms with van der Waals surface area (Å²) < 4.78 is 5.01. The molecule has 0 bridgehead atoms. The molecule has 0 aromatic heterocycles. The van der Waals surface area contributed by atoms with Gasteiger partial charge < -0.3 is 4.74 Å². The van der Waals surface area contributed by atoms with E-state index in [1.807, 2.05) is 0 Å². The zero-order valence-electron chi connectivity index (χ0n) is 7.16. The number of fused-ring (bicyclic) bond motifs is 1. The third kappa shape index (κ3) is 0.967. The van der Waals surface area contributed by atoms with Crippen LogP contribution in [-0.4, -0.2) is 19.2 Å². The normalized spacial score (nSPS) is 13.2. The Balaban J connectivity index is 2.63. The van der Waals surface area contributed by atoms with Crippen LogP contribution < -0.4 is 4.74 Å². The van der Waals surface area contributed by atoms with Crippen molar-refractivity contribution in [2.45, 2.75) is 6.42 Å². The Labute approximate surface area is 75.3 Å². The van der Waals surface area contributed by atoms with Crippen LogP contribution in [0.1, 0.15) is 26.3 Å². The molecule has 1 aromatic carbocycles. The molecule has 0 saturated carbocycles. The fourth-order valence-electron chi connectivity index (χ4n) is 1.56. The Morgan fingerprint density at radius 3 is 2.77 bits per heavy atom. The van der Waals surface area contributed by atoms with Crippen molar-refractivity contribution in [3.05, 3.63) is 28.8 Å². The molecule has 0 fully saturated rings. The summed E-state index contributed by atoms with van der Waals surface area (Å²) in [6.45, 7) is 0. The van der Waals surface area contributed by atoms with E-state index in [-0.39, 0.29) is 5.78 Å². The van der Waals surface area contributed by atoms with Crippen LogP contribution in [0.5, 0.6) is 5.75 Å². The molecular formula is C10H8O3. The topological polar surface area (TPSA) is 43.4 Å². The van der Waals surface area contributed by atoms with Crippen LogP contribution in [0.25, 0.3) is 0 Å². The highest BCUT2D eigenvalue weighted by Gasteiger charge is 2.29. The van der Waals surface area contributed by atoms with E-state index in [0.717, 1.165) is 11.8 Å². The van der Waals surface area contributed by atoms with E-state index in [1.165, 1.54) is 7.11 Å². The minimum atomic E-state index is 0.0514. The molecule has 66 valence electrons. The summed E-state index contributed by atoms with van der Waals surface area (Å²) in [5, 5.41) is 0. The molecule has 0 aliphatic heterocycles. The van der Waals surface area contributed by atoms with Gasteiger partial charge in [0, 0.05) is 12.0 Å². The van der Waals surface area contributed by atoms with Gasteiger partial charge in [0.05, 0.1) is 12.7 Å². The van der Waals surface area contributed by atoms with Crippen LogP contribution in [0.2, 0.25) is 0 Å². The fraction of sp³-hybridized carbons (Fsp3) is 0.200. The summed E-state index contributed by atoms with van der Waals surface area (Å²) >= 11 is 0. The molecule has 13 heavy (non-hydrogen) atoms. The van der Waals surface area contributed by atoms with Gasteiger partial charge in [-0.25, -0.2) is 0 Å². The maximum Gasteiger partial charge on any atom is 0.171 e. The molecule has 3 heteroatoms. The van der Waals surface area contributed by atoms with E-state index in [1.54, 1.807) is 12.1 Å². The van der Waals surface area contributed by atoms with Gasteiger partial charge in [-0.3, -0.25) is 9.59 Å². The molecule has 0 heterocycles. The van der Waals surface area contributed by atoms with E-state index >= 15 is 0 Å². The van der Waals surface area contributed by atoms with Crippen molar-refractivity contribution in [2.24, 2.45) is 0 Å². The molecule has 1 aromatic rings. The van der Waals surface area contributed by atoms with Gasteiger partial charge in [-0.15, -0.1) is 0 Å². The number of methoxy groups -OCH3 is 1. The number of carbonyl (C=O) groups excluding carboxylic acids is 2. The van der Waals surface area contributed by atoms with Crippen molar-refractivity contribution in [1.29, 1.82) is 0 Å². The van der Waals surface area contributed by atoms with Crippen LogP contribution in [0.4, 0.5) is 0 Å². The molecule has 1 aliphatic carbocycles. The fourth-order valence-corrected chi connectivity index (χ4v) is 1.56. The zero-order valence-corrected chi connectivity index (χ0v) is 7.16. The average molecular weight is 176 g/mol. The first-order chi connectivity index (χ1) is 6.27. The molecule has 0 atom stereocenters. The zero-order chi connectivity index (χ0) is 9.42. The summed E-state index contributed by atoms with van der Waals surface area (Å²) in [6.07, 6.45) is 1.13. The highest BCUT2D eigenvalue weighted by atomic mass is 16.5. The lowest BCUT2D eigenvalue weighted by molar-refractivity contribution is 0.0963. The summed E-state index contributed by atoms with van der Waals surface area (Å²) in [5.74, 6) is 0.618. The molecule has 0 N–H and O–H groups in total. The predicted molar refractivity (Wildman–Crippen MR) is 46.4 cm³/mol. The minimum Gasteiger partial charge on any atom is -0.496 e. The standard InChI is InChI=1S/C10H8O3/c1-13-9-3-2-6(5-11)7-4-8(12)10(7)9/h2-3,5H,4H2,1H3. The lowest BCUT2D eigenvalue weighted by Crippen LogP contribution is -2.22. The van der Waals surface area contributed by atoms with Gasteiger partial charge in [0.15, 0.2) is 5.78 Å². The molecular weight excluding hydrogens is 168 g/mol. The van der Waals surface area contributed by atoms with Gasteiger partial charge in [-0.2, -0.15) is 0 Å². The molecule has 3 nitrogen and oxygen atoms in total. The van der Waals surface area contributed by atoms with Crippen LogP contribution in [0.3, 0.4) is 0 Å². The first-order valence-electron chi connectivity index (χ1n) is 3.96. The summed E-state index contributed by atoms with van der Waals surface area (Å²) in [4.78, 5) is 21.7. The Hall–Kier alpha value is -1.64. The van der Waals surface area contributed by atoms with Crippen molar-refractivity contribution in [1.82, 2.24) is 0 Å². The number of ketones is 1. The van der Waals surface area contributed by atoms with Crippen molar-refractivity contribution < 1.29 is 14.3 Å². The Morgan fingerprint density at radius 1 is 1.46 bits per heavy atom. The van der Waals surface area contributed by atoms with Crippen molar-refractivity contribution >= 4 is 12.1 Å². The highest BCUT2D eigenvalue weighted by Crippen LogP contribution is 2.33. The average Bonchev–Trinajstić information content (AvgIpc) is 2.15. The first kappa shape index (κ1) is 7.98. The molecule has 0 radical (unpaired) electrons. The summed E-state index contributed by atoms with van der Waals surface area (Å²) in [7, 11) is 1.52. The SMILES string of the molecule is COc1ccc(C=O)c2c1C(=O)C2. The van der Waals surface area contributed by atoms with E-state index in [4.69, 9.17) is 4.74 Å². The van der Waals surface area contributed by atoms with Crippen LogP contribution in [0.15, 0.2) is 12.1 Å². The molecule has 0 unspecified atom stereocenters. The highest BCUT2D eigenvalue weighted by molar-refractivity contribution is 6.11. The summed E-state index contributed by atoms with van der Waals surface area (Å²) in [5.41, 5.74) is 1.99. The molecule has 2 rings (SSSR count). The third-order valence-corrected chi connectivity index (χ3v) is 2.27. The smallest absolute Gasteiger partial charge is 0.171 e. The predicted octanol–water partition coefficient (Wildman–Crippen LogP) is 1.25. The number of benzene rings is 1. The Bertz CT molecular complexity index is 393. The number of Topliss-reactive ketones (excluding diaryl/α,β-unsaturated/α-hetero) is 1. The Morgan fingerprint density at radius 2 is 2.23 bits per heavy atom. The molecule has 0 amide bonds. The first-order valence-corrected chi connectivity index (χ1v) is 3.96. The third-order valence-electron chi connectivity index (χ3n) is 2.27. The van der Waals surface area contributed by atoms with E-state index in [2.05, 4.69) is 0 Å². The number of carbonyl (C=O) groups is 2. The number of hydrogen-bond donors (Lipinski definition) is 0. The van der Waals surface area contributed by atoms with Gasteiger partial charge in [0.1, 0.15) is 12.0 Å². The van der Waals surface area contributed by atoms with Gasteiger partial charge in [-0.1, -0.05) is 0 Å². The number of rotatable bonds is 2. The lowest BCUT2D eigenvalue weighted by atomic mass is 9.83. The van der Waals surface area contributed by atoms with Crippen LogP contribution in [0, 0.1) is 0 Å². The second-order valence-corrected chi connectivity index (χ2v) is 2.93. The van der Waals surface area contributed by atoms with Crippen LogP contribution in [-0.2, 0) is 6.42 Å². The minimum absolute atomic E-state index is 0.0514. The van der Waals surface area contributed by atoms with Crippen molar-refractivity contribution in [3.8, 4) is 5.75 Å². The van der Waals surface area contributed by atoms with E-state index in [0.29, 0.717) is 23.3 Å². The second kappa shape index (κ2) is 2.69. The van der Waals surface area contributed by atoms with E-state index in [9.17, 15) is 9.59 Å². The largest absolute Gasteiger partial charge is 0.496 e.